The maximum atomic E-state index is 12.0. The number of aliphatic hydroxyl groups excluding tert-OH is 1. The van der Waals surface area contributed by atoms with Gasteiger partial charge >= 0.3 is 0 Å². The van der Waals surface area contributed by atoms with Crippen molar-refractivity contribution in [2.45, 2.75) is 50.7 Å². The van der Waals surface area contributed by atoms with E-state index < -0.39 is 0 Å². The molecule has 1 aliphatic carbocycles. The van der Waals surface area contributed by atoms with E-state index >= 15 is 0 Å². The highest BCUT2D eigenvalue weighted by Crippen LogP contribution is 2.30. The maximum Gasteiger partial charge on any atom is 0.221 e. The van der Waals surface area contributed by atoms with E-state index in [-0.39, 0.29) is 18.1 Å². The normalized spacial score (nSPS) is 25.1. The van der Waals surface area contributed by atoms with E-state index in [1.807, 2.05) is 18.2 Å². The Morgan fingerprint density at radius 2 is 1.96 bits per heavy atom. The molecule has 0 aromatic heterocycles. The molecule has 2 unspecified atom stereocenters. The summed E-state index contributed by atoms with van der Waals surface area (Å²) in [5, 5.41) is 13.5. The number of benzene rings is 1. The predicted molar refractivity (Wildman–Crippen MR) is 91.0 cm³/mol. The lowest BCUT2D eigenvalue weighted by atomic mass is 9.98. The molecule has 2 aliphatic rings. The average molecular weight is 316 g/mol. The van der Waals surface area contributed by atoms with Crippen LogP contribution >= 0.6 is 0 Å². The Hall–Kier alpha value is -1.39. The van der Waals surface area contributed by atoms with Crippen LogP contribution < -0.4 is 5.32 Å². The van der Waals surface area contributed by atoms with Gasteiger partial charge in [-0.1, -0.05) is 56.0 Å². The SMILES string of the molecule is O=C1CC(c2ccccc2)N(CC(O)CC2CCCC2)CCN1. The number of hydrogen-bond acceptors (Lipinski definition) is 3. The fourth-order valence-corrected chi connectivity index (χ4v) is 4.07. The third kappa shape index (κ3) is 4.55. The van der Waals surface area contributed by atoms with Crippen molar-refractivity contribution in [3.05, 3.63) is 35.9 Å². The molecule has 1 saturated carbocycles. The molecule has 23 heavy (non-hydrogen) atoms. The zero-order valence-electron chi connectivity index (χ0n) is 13.8. The number of nitrogens with one attached hydrogen (secondary N) is 1. The molecule has 4 heteroatoms. The van der Waals surface area contributed by atoms with Gasteiger partial charge in [-0.2, -0.15) is 0 Å². The number of rotatable bonds is 5. The molecular weight excluding hydrogens is 288 g/mol. The summed E-state index contributed by atoms with van der Waals surface area (Å²) >= 11 is 0. The quantitative estimate of drug-likeness (QED) is 0.877. The van der Waals surface area contributed by atoms with Gasteiger partial charge in [-0.25, -0.2) is 0 Å². The third-order valence-electron chi connectivity index (χ3n) is 5.25. The number of amides is 1. The molecule has 0 radical (unpaired) electrons. The molecule has 126 valence electrons. The predicted octanol–water partition coefficient (Wildman–Crippen LogP) is 2.49. The summed E-state index contributed by atoms with van der Waals surface area (Å²) in [4.78, 5) is 14.3. The largest absolute Gasteiger partial charge is 0.392 e. The van der Waals surface area contributed by atoms with Crippen molar-refractivity contribution in [1.29, 1.82) is 0 Å². The topological polar surface area (TPSA) is 52.6 Å². The molecule has 1 heterocycles. The maximum absolute atomic E-state index is 12.0. The first-order valence-corrected chi connectivity index (χ1v) is 8.96. The van der Waals surface area contributed by atoms with Gasteiger partial charge in [-0.05, 0) is 17.9 Å². The van der Waals surface area contributed by atoms with E-state index in [0.717, 1.165) is 18.5 Å². The summed E-state index contributed by atoms with van der Waals surface area (Å²) < 4.78 is 0. The number of β-amino-alcohol motifs (C(OH)–C–C–N with tert-alkyl or cyclic N) is 1. The van der Waals surface area contributed by atoms with Crippen LogP contribution in [-0.4, -0.2) is 41.7 Å². The van der Waals surface area contributed by atoms with Gasteiger partial charge in [-0.15, -0.1) is 0 Å². The summed E-state index contributed by atoms with van der Waals surface area (Å²) in [6.07, 6.45) is 6.23. The molecule has 1 aliphatic heterocycles. The van der Waals surface area contributed by atoms with Gasteiger partial charge in [0.1, 0.15) is 0 Å². The van der Waals surface area contributed by atoms with E-state index in [4.69, 9.17) is 0 Å². The van der Waals surface area contributed by atoms with Gasteiger partial charge in [0, 0.05) is 32.1 Å². The van der Waals surface area contributed by atoms with Crippen LogP contribution in [0, 0.1) is 5.92 Å². The lowest BCUT2D eigenvalue weighted by Crippen LogP contribution is -2.37. The summed E-state index contributed by atoms with van der Waals surface area (Å²) in [6.45, 7) is 2.12. The highest BCUT2D eigenvalue weighted by atomic mass is 16.3. The second-order valence-electron chi connectivity index (χ2n) is 7.02. The second-order valence-corrected chi connectivity index (χ2v) is 7.02. The minimum absolute atomic E-state index is 0.0666. The first-order valence-electron chi connectivity index (χ1n) is 8.96. The zero-order chi connectivity index (χ0) is 16.1. The molecule has 0 bridgehead atoms. The van der Waals surface area contributed by atoms with Crippen molar-refractivity contribution in [1.82, 2.24) is 10.2 Å². The van der Waals surface area contributed by atoms with Crippen LogP contribution in [0.5, 0.6) is 0 Å². The number of hydrogen-bond donors (Lipinski definition) is 2. The monoisotopic (exact) mass is 316 g/mol. The van der Waals surface area contributed by atoms with Crippen LogP contribution in [0.3, 0.4) is 0 Å². The van der Waals surface area contributed by atoms with E-state index in [1.165, 1.54) is 25.7 Å². The fraction of sp³-hybridized carbons (Fsp3) is 0.632. The highest BCUT2D eigenvalue weighted by Gasteiger charge is 2.28. The lowest BCUT2D eigenvalue weighted by molar-refractivity contribution is -0.121. The van der Waals surface area contributed by atoms with Gasteiger partial charge < -0.3 is 10.4 Å². The van der Waals surface area contributed by atoms with Crippen LogP contribution in [-0.2, 0) is 4.79 Å². The van der Waals surface area contributed by atoms with E-state index in [9.17, 15) is 9.90 Å². The number of aliphatic hydroxyl groups is 1. The minimum Gasteiger partial charge on any atom is -0.392 e. The average Bonchev–Trinajstić information content (AvgIpc) is 2.98. The third-order valence-corrected chi connectivity index (χ3v) is 5.25. The highest BCUT2D eigenvalue weighted by molar-refractivity contribution is 5.77. The van der Waals surface area contributed by atoms with E-state index in [2.05, 4.69) is 22.3 Å². The van der Waals surface area contributed by atoms with Crippen molar-refractivity contribution in [2.75, 3.05) is 19.6 Å². The van der Waals surface area contributed by atoms with Crippen molar-refractivity contribution in [2.24, 2.45) is 5.92 Å². The Bertz CT molecular complexity index is 499. The Balaban J connectivity index is 1.67. The van der Waals surface area contributed by atoms with E-state index in [0.29, 0.717) is 25.4 Å². The minimum atomic E-state index is -0.294. The van der Waals surface area contributed by atoms with Gasteiger partial charge in [0.05, 0.1) is 6.10 Å². The number of carbonyl (C=O) groups is 1. The summed E-state index contributed by atoms with van der Waals surface area (Å²) in [5.74, 6) is 0.790. The molecule has 1 amide bonds. The Kier molecular flexibility index (Phi) is 5.68. The van der Waals surface area contributed by atoms with Crippen LogP contribution in [0.1, 0.15) is 50.1 Å². The standard InChI is InChI=1S/C19H28N2O2/c22-17(12-15-6-4-5-7-15)14-21-11-10-20-19(23)13-18(21)16-8-2-1-3-9-16/h1-3,8-9,15,17-18,22H,4-7,10-14H2,(H,20,23). The summed E-state index contributed by atoms with van der Waals surface area (Å²) in [6, 6.07) is 10.3. The van der Waals surface area contributed by atoms with Crippen molar-refractivity contribution in [3.8, 4) is 0 Å². The van der Waals surface area contributed by atoms with Crippen molar-refractivity contribution in [3.63, 3.8) is 0 Å². The van der Waals surface area contributed by atoms with E-state index in [1.54, 1.807) is 0 Å². The van der Waals surface area contributed by atoms with Crippen LogP contribution in [0.2, 0.25) is 0 Å². The molecule has 2 fully saturated rings. The fourth-order valence-electron chi connectivity index (χ4n) is 4.07. The zero-order valence-corrected chi connectivity index (χ0v) is 13.8. The molecular formula is C19H28N2O2. The molecule has 4 nitrogen and oxygen atoms in total. The Labute approximate surface area is 138 Å². The first kappa shape index (κ1) is 16.5. The number of carbonyl (C=O) groups excluding carboxylic acids is 1. The Morgan fingerprint density at radius 1 is 1.22 bits per heavy atom. The molecule has 2 atom stereocenters. The van der Waals surface area contributed by atoms with Crippen LogP contribution in [0.25, 0.3) is 0 Å². The smallest absolute Gasteiger partial charge is 0.221 e. The van der Waals surface area contributed by atoms with Crippen LogP contribution in [0.15, 0.2) is 30.3 Å². The van der Waals surface area contributed by atoms with Gasteiger partial charge in [0.15, 0.2) is 0 Å². The van der Waals surface area contributed by atoms with Gasteiger partial charge in [0.2, 0.25) is 5.91 Å². The second kappa shape index (κ2) is 7.93. The number of nitrogens with zero attached hydrogens (tertiary/aromatic N) is 1. The van der Waals surface area contributed by atoms with Crippen LogP contribution in [0.4, 0.5) is 0 Å². The van der Waals surface area contributed by atoms with Gasteiger partial charge in [0.25, 0.3) is 0 Å². The molecule has 1 aromatic rings. The first-order chi connectivity index (χ1) is 11.2. The summed E-state index contributed by atoms with van der Waals surface area (Å²) in [7, 11) is 0. The molecule has 1 aromatic carbocycles. The lowest BCUT2D eigenvalue weighted by Gasteiger charge is -2.31. The van der Waals surface area contributed by atoms with Crippen molar-refractivity contribution >= 4 is 5.91 Å². The molecule has 0 spiro atoms. The molecule has 2 N–H and O–H groups in total. The molecule has 1 saturated heterocycles. The van der Waals surface area contributed by atoms with Crippen molar-refractivity contribution < 1.29 is 9.90 Å². The Morgan fingerprint density at radius 3 is 2.70 bits per heavy atom. The summed E-state index contributed by atoms with van der Waals surface area (Å²) in [5.41, 5.74) is 1.16. The van der Waals surface area contributed by atoms with Gasteiger partial charge in [-0.3, -0.25) is 9.69 Å². The molecule has 3 rings (SSSR count).